The van der Waals surface area contributed by atoms with E-state index in [-0.39, 0.29) is 12.5 Å². The summed E-state index contributed by atoms with van der Waals surface area (Å²) < 4.78 is 41.2. The van der Waals surface area contributed by atoms with Crippen LogP contribution < -0.4 is 10.1 Å². The van der Waals surface area contributed by atoms with Gasteiger partial charge in [-0.3, -0.25) is 4.79 Å². The van der Waals surface area contributed by atoms with Crippen molar-refractivity contribution < 1.29 is 31.9 Å². The third-order valence-corrected chi connectivity index (χ3v) is 7.61. The molecule has 0 saturated carbocycles. The van der Waals surface area contributed by atoms with Gasteiger partial charge in [-0.25, -0.2) is 13.2 Å². The van der Waals surface area contributed by atoms with Crippen molar-refractivity contribution in [2.24, 2.45) is 0 Å². The van der Waals surface area contributed by atoms with Gasteiger partial charge in [0.05, 0.1) is 18.8 Å². The number of aromatic nitrogens is 2. The molecule has 4 rings (SSSR count). The summed E-state index contributed by atoms with van der Waals surface area (Å²) in [5.41, 5.74) is 1.67. The molecule has 12 heteroatoms. The average Bonchev–Trinajstić information content (AvgIpc) is 3.50. The third kappa shape index (κ3) is 4.97. The van der Waals surface area contributed by atoms with Crippen LogP contribution in [0.5, 0.6) is 5.75 Å². The fourth-order valence-corrected chi connectivity index (χ4v) is 5.83. The standard InChI is InChI=1S/C22H23N3O7S2/c1-3-30-14-10-8-13(9-11-14)19-24-25-22(32-19)34(28,29)12-17(26)23-20-18(21(27)31-4-2)15-6-5-7-16(15)33-20/h8-11H,3-7,12H2,1-2H3,(H,23,26). The van der Waals surface area contributed by atoms with Crippen LogP contribution in [0.3, 0.4) is 0 Å². The molecule has 180 valence electrons. The number of fused-ring (bicyclic) bond motifs is 1. The highest BCUT2D eigenvalue weighted by atomic mass is 32.2. The minimum atomic E-state index is -4.21. The molecule has 0 aliphatic heterocycles. The van der Waals surface area contributed by atoms with Crippen LogP contribution in [0.25, 0.3) is 11.5 Å². The molecule has 10 nitrogen and oxygen atoms in total. The van der Waals surface area contributed by atoms with Crippen molar-refractivity contribution in [2.45, 2.75) is 38.3 Å². The van der Waals surface area contributed by atoms with E-state index in [1.807, 2.05) is 6.92 Å². The van der Waals surface area contributed by atoms with Crippen molar-refractivity contribution >= 4 is 38.1 Å². The van der Waals surface area contributed by atoms with E-state index < -0.39 is 32.7 Å². The van der Waals surface area contributed by atoms with E-state index in [2.05, 4.69) is 15.5 Å². The lowest BCUT2D eigenvalue weighted by molar-refractivity contribution is -0.113. The fraction of sp³-hybridized carbons (Fsp3) is 0.364. The number of anilines is 1. The smallest absolute Gasteiger partial charge is 0.341 e. The molecule has 34 heavy (non-hydrogen) atoms. The quantitative estimate of drug-likeness (QED) is 0.434. The second-order valence-corrected chi connectivity index (χ2v) is 10.4. The zero-order valence-corrected chi connectivity index (χ0v) is 20.3. The van der Waals surface area contributed by atoms with Crippen LogP contribution in [0.15, 0.2) is 33.9 Å². The number of nitrogens with zero attached hydrogens (tertiary/aromatic N) is 2. The molecule has 0 fully saturated rings. The summed E-state index contributed by atoms with van der Waals surface area (Å²) in [7, 11) is -4.21. The van der Waals surface area contributed by atoms with Crippen molar-refractivity contribution in [3.05, 3.63) is 40.3 Å². The maximum atomic E-state index is 12.7. The maximum absolute atomic E-state index is 12.7. The van der Waals surface area contributed by atoms with E-state index in [4.69, 9.17) is 13.9 Å². The summed E-state index contributed by atoms with van der Waals surface area (Å²) in [4.78, 5) is 26.0. The molecule has 1 amide bonds. The van der Waals surface area contributed by atoms with Crippen LogP contribution in [0.1, 0.15) is 41.1 Å². The Bertz CT molecular complexity index is 1310. The highest BCUT2D eigenvalue weighted by Gasteiger charge is 2.31. The van der Waals surface area contributed by atoms with Gasteiger partial charge in [-0.2, -0.15) is 0 Å². The number of amides is 1. The number of thiophene rings is 1. The van der Waals surface area contributed by atoms with Gasteiger partial charge in [-0.05, 0) is 62.9 Å². The first-order valence-corrected chi connectivity index (χ1v) is 13.2. The van der Waals surface area contributed by atoms with Gasteiger partial charge in [-0.1, -0.05) is 5.10 Å². The Balaban J connectivity index is 1.48. The van der Waals surface area contributed by atoms with Gasteiger partial charge in [0.15, 0.2) is 0 Å². The average molecular weight is 506 g/mol. The van der Waals surface area contributed by atoms with E-state index in [9.17, 15) is 18.0 Å². The van der Waals surface area contributed by atoms with Crippen LogP contribution in [0, 0.1) is 0 Å². The molecule has 0 radical (unpaired) electrons. The first-order valence-electron chi connectivity index (χ1n) is 10.7. The summed E-state index contributed by atoms with van der Waals surface area (Å²) in [5.74, 6) is -1.61. The van der Waals surface area contributed by atoms with Gasteiger partial charge in [0, 0.05) is 10.4 Å². The first-order chi connectivity index (χ1) is 16.3. The number of carbonyl (C=O) groups excluding carboxylic acids is 2. The lowest BCUT2D eigenvalue weighted by Gasteiger charge is -2.07. The number of sulfone groups is 1. The summed E-state index contributed by atoms with van der Waals surface area (Å²) in [6.07, 6.45) is 2.44. The fourth-order valence-electron chi connectivity index (χ4n) is 3.62. The van der Waals surface area contributed by atoms with Crippen LogP contribution in [0.2, 0.25) is 0 Å². The van der Waals surface area contributed by atoms with Crippen molar-refractivity contribution in [3.8, 4) is 17.2 Å². The Labute approximate surface area is 200 Å². The number of benzene rings is 1. The molecule has 1 aliphatic carbocycles. The Morgan fingerprint density at radius 3 is 2.59 bits per heavy atom. The predicted molar refractivity (Wildman–Crippen MR) is 124 cm³/mol. The molecule has 0 bridgehead atoms. The lowest BCUT2D eigenvalue weighted by Crippen LogP contribution is -2.24. The van der Waals surface area contributed by atoms with Crippen LogP contribution in [-0.2, 0) is 32.2 Å². The molecule has 2 heterocycles. The maximum Gasteiger partial charge on any atom is 0.341 e. The monoisotopic (exact) mass is 505 g/mol. The van der Waals surface area contributed by atoms with Gasteiger partial charge in [0.2, 0.25) is 21.6 Å². The summed E-state index contributed by atoms with van der Waals surface area (Å²) in [5, 5.41) is 9.58. The molecule has 1 aliphatic rings. The number of nitrogens with one attached hydrogen (secondary N) is 1. The van der Waals surface area contributed by atoms with E-state index in [1.54, 1.807) is 31.2 Å². The second-order valence-electron chi connectivity index (χ2n) is 7.42. The zero-order chi connectivity index (χ0) is 24.3. The second kappa shape index (κ2) is 9.94. The number of carbonyl (C=O) groups is 2. The van der Waals surface area contributed by atoms with Crippen molar-refractivity contribution in [1.29, 1.82) is 0 Å². The molecule has 0 atom stereocenters. The Morgan fingerprint density at radius 2 is 1.88 bits per heavy atom. The SMILES string of the molecule is CCOC(=O)c1c(NC(=O)CS(=O)(=O)c2nnc(-c3ccc(OCC)cc3)o2)sc2c1CCC2. The zero-order valence-electron chi connectivity index (χ0n) is 18.6. The van der Waals surface area contributed by atoms with E-state index in [0.717, 1.165) is 23.3 Å². The molecule has 3 aromatic rings. The van der Waals surface area contributed by atoms with Crippen molar-refractivity contribution in [3.63, 3.8) is 0 Å². The third-order valence-electron chi connectivity index (χ3n) is 5.06. The minimum absolute atomic E-state index is 0.00121. The summed E-state index contributed by atoms with van der Waals surface area (Å²) in [6, 6.07) is 6.72. The number of rotatable bonds is 9. The molecule has 0 unspecified atom stereocenters. The Hall–Kier alpha value is -3.25. The lowest BCUT2D eigenvalue weighted by atomic mass is 10.1. The van der Waals surface area contributed by atoms with Crippen LogP contribution in [-0.4, -0.2) is 49.5 Å². The predicted octanol–water partition coefficient (Wildman–Crippen LogP) is 3.27. The molecule has 2 aromatic heterocycles. The first kappa shape index (κ1) is 23.9. The van der Waals surface area contributed by atoms with Crippen molar-refractivity contribution in [2.75, 3.05) is 24.3 Å². The Morgan fingerprint density at radius 1 is 1.12 bits per heavy atom. The van der Waals surface area contributed by atoms with Crippen LogP contribution in [0.4, 0.5) is 5.00 Å². The largest absolute Gasteiger partial charge is 0.494 e. The summed E-state index contributed by atoms with van der Waals surface area (Å²) in [6.45, 7) is 4.27. The van der Waals surface area contributed by atoms with E-state index in [1.165, 1.54) is 11.3 Å². The number of hydrogen-bond acceptors (Lipinski definition) is 10. The minimum Gasteiger partial charge on any atom is -0.494 e. The van der Waals surface area contributed by atoms with Gasteiger partial charge < -0.3 is 19.2 Å². The Kier molecular flexibility index (Phi) is 6.98. The molecular weight excluding hydrogens is 482 g/mol. The highest BCUT2D eigenvalue weighted by molar-refractivity contribution is 7.91. The topological polar surface area (TPSA) is 138 Å². The van der Waals surface area contributed by atoms with E-state index in [0.29, 0.717) is 34.9 Å². The molecular formula is C22H23N3O7S2. The van der Waals surface area contributed by atoms with Crippen molar-refractivity contribution in [1.82, 2.24) is 10.2 Å². The number of ether oxygens (including phenoxy) is 2. The molecule has 1 N–H and O–H groups in total. The molecule has 0 spiro atoms. The van der Waals surface area contributed by atoms with Gasteiger partial charge in [0.25, 0.3) is 0 Å². The van der Waals surface area contributed by atoms with Gasteiger partial charge in [0.1, 0.15) is 16.5 Å². The number of esters is 1. The highest BCUT2D eigenvalue weighted by Crippen LogP contribution is 2.39. The molecule has 1 aromatic carbocycles. The number of aryl methyl sites for hydroxylation is 1. The van der Waals surface area contributed by atoms with Gasteiger partial charge >= 0.3 is 11.2 Å². The van der Waals surface area contributed by atoms with Crippen LogP contribution >= 0.6 is 11.3 Å². The van der Waals surface area contributed by atoms with Gasteiger partial charge in [-0.15, -0.1) is 16.4 Å². The van der Waals surface area contributed by atoms with E-state index >= 15 is 0 Å². The molecule has 0 saturated heterocycles. The summed E-state index contributed by atoms with van der Waals surface area (Å²) >= 11 is 1.27. The number of hydrogen-bond donors (Lipinski definition) is 1. The normalized spacial score (nSPS) is 12.9.